The van der Waals surface area contributed by atoms with Crippen LogP contribution < -0.4 is 0 Å². The predicted octanol–water partition coefficient (Wildman–Crippen LogP) is 3.74. The molecule has 0 bridgehead atoms. The molecule has 0 spiro atoms. The number of nitrogens with zero attached hydrogens (tertiary/aromatic N) is 5. The van der Waals surface area contributed by atoms with Crippen molar-refractivity contribution in [3.8, 4) is 6.07 Å². The average Bonchev–Trinajstić information content (AvgIpc) is 2.82. The lowest BCUT2D eigenvalue weighted by atomic mass is 10.1. The SMILES string of the molecule is N#C/C(=C\c1ccc(Br)c([N+](=O)[O-])c1)c1nnc2n1CCCCC2. The van der Waals surface area contributed by atoms with E-state index in [2.05, 4.69) is 32.2 Å². The van der Waals surface area contributed by atoms with Gasteiger partial charge in [-0.2, -0.15) is 5.26 Å². The van der Waals surface area contributed by atoms with Gasteiger partial charge in [0, 0.05) is 19.0 Å². The number of rotatable bonds is 3. The molecule has 0 unspecified atom stereocenters. The Hall–Kier alpha value is -2.53. The van der Waals surface area contributed by atoms with Crippen LogP contribution in [0, 0.1) is 21.4 Å². The molecule has 0 atom stereocenters. The molecule has 3 rings (SSSR count). The summed E-state index contributed by atoms with van der Waals surface area (Å²) in [6.45, 7) is 0.789. The molecule has 2 aromatic rings. The molecule has 0 saturated carbocycles. The highest BCUT2D eigenvalue weighted by atomic mass is 79.9. The summed E-state index contributed by atoms with van der Waals surface area (Å²) in [7, 11) is 0. The van der Waals surface area contributed by atoms with Gasteiger partial charge >= 0.3 is 0 Å². The van der Waals surface area contributed by atoms with E-state index in [1.54, 1.807) is 18.2 Å². The van der Waals surface area contributed by atoms with Gasteiger partial charge in [-0.3, -0.25) is 10.1 Å². The number of benzene rings is 1. The zero-order valence-corrected chi connectivity index (χ0v) is 14.4. The molecular weight excluding hydrogens is 374 g/mol. The highest BCUT2D eigenvalue weighted by Gasteiger charge is 2.18. The minimum absolute atomic E-state index is 0.0406. The maximum absolute atomic E-state index is 11.1. The van der Waals surface area contributed by atoms with Gasteiger partial charge < -0.3 is 4.57 Å². The Morgan fingerprint density at radius 3 is 2.96 bits per heavy atom. The highest BCUT2D eigenvalue weighted by molar-refractivity contribution is 9.10. The van der Waals surface area contributed by atoms with Gasteiger partial charge in [0.25, 0.3) is 5.69 Å². The zero-order valence-electron chi connectivity index (χ0n) is 12.8. The van der Waals surface area contributed by atoms with Crippen LogP contribution in [0.2, 0.25) is 0 Å². The Morgan fingerprint density at radius 2 is 2.21 bits per heavy atom. The maximum atomic E-state index is 11.1. The second-order valence-electron chi connectivity index (χ2n) is 5.54. The first-order chi connectivity index (χ1) is 11.6. The topological polar surface area (TPSA) is 97.6 Å². The predicted molar refractivity (Wildman–Crippen MR) is 91.9 cm³/mol. The molecule has 1 aliphatic heterocycles. The summed E-state index contributed by atoms with van der Waals surface area (Å²) in [5.74, 6) is 1.42. The summed E-state index contributed by atoms with van der Waals surface area (Å²) in [6, 6.07) is 6.89. The van der Waals surface area contributed by atoms with Crippen molar-refractivity contribution in [3.63, 3.8) is 0 Å². The number of nitro benzene ring substituents is 1. The summed E-state index contributed by atoms with van der Waals surface area (Å²) >= 11 is 3.16. The van der Waals surface area contributed by atoms with E-state index in [1.807, 2.05) is 4.57 Å². The van der Waals surface area contributed by atoms with Crippen molar-refractivity contribution in [1.82, 2.24) is 14.8 Å². The highest BCUT2D eigenvalue weighted by Crippen LogP contribution is 2.28. The van der Waals surface area contributed by atoms with Crippen LogP contribution in [-0.2, 0) is 13.0 Å². The second-order valence-corrected chi connectivity index (χ2v) is 6.39. The van der Waals surface area contributed by atoms with Crippen LogP contribution in [0.1, 0.15) is 36.5 Å². The molecule has 2 heterocycles. The van der Waals surface area contributed by atoms with E-state index >= 15 is 0 Å². The smallest absolute Gasteiger partial charge is 0.284 e. The molecule has 1 aromatic heterocycles. The summed E-state index contributed by atoms with van der Waals surface area (Å²) in [4.78, 5) is 10.6. The van der Waals surface area contributed by atoms with E-state index in [-0.39, 0.29) is 5.69 Å². The van der Waals surface area contributed by atoms with Crippen molar-refractivity contribution in [2.75, 3.05) is 0 Å². The lowest BCUT2D eigenvalue weighted by Crippen LogP contribution is -2.05. The quantitative estimate of drug-likeness (QED) is 0.453. The molecule has 122 valence electrons. The molecule has 24 heavy (non-hydrogen) atoms. The van der Waals surface area contributed by atoms with Crippen LogP contribution in [0.15, 0.2) is 22.7 Å². The Kier molecular flexibility index (Phi) is 4.71. The van der Waals surface area contributed by atoms with E-state index in [0.29, 0.717) is 21.4 Å². The molecule has 7 nitrogen and oxygen atoms in total. The monoisotopic (exact) mass is 387 g/mol. The van der Waals surface area contributed by atoms with Crippen molar-refractivity contribution in [1.29, 1.82) is 5.26 Å². The lowest BCUT2D eigenvalue weighted by molar-refractivity contribution is -0.385. The Labute approximate surface area is 146 Å². The van der Waals surface area contributed by atoms with E-state index in [0.717, 1.165) is 38.1 Å². The molecule has 1 aromatic carbocycles. The van der Waals surface area contributed by atoms with Gasteiger partial charge in [-0.15, -0.1) is 10.2 Å². The number of fused-ring (bicyclic) bond motifs is 1. The summed E-state index contributed by atoms with van der Waals surface area (Å²) in [6.07, 6.45) is 5.70. The zero-order chi connectivity index (χ0) is 17.1. The van der Waals surface area contributed by atoms with Crippen molar-refractivity contribution >= 4 is 33.3 Å². The Bertz CT molecular complexity index is 866. The molecule has 0 N–H and O–H groups in total. The second kappa shape index (κ2) is 6.93. The van der Waals surface area contributed by atoms with E-state index < -0.39 is 4.92 Å². The third-order valence-corrected chi connectivity index (χ3v) is 4.62. The first kappa shape index (κ1) is 16.3. The third kappa shape index (κ3) is 3.21. The van der Waals surface area contributed by atoms with Crippen LogP contribution in [0.25, 0.3) is 11.6 Å². The first-order valence-corrected chi connectivity index (χ1v) is 8.37. The van der Waals surface area contributed by atoms with Crippen molar-refractivity contribution in [3.05, 3.63) is 50.0 Å². The van der Waals surface area contributed by atoms with Crippen molar-refractivity contribution in [2.45, 2.75) is 32.2 Å². The minimum atomic E-state index is -0.462. The van der Waals surface area contributed by atoms with E-state index in [9.17, 15) is 15.4 Å². The van der Waals surface area contributed by atoms with Gasteiger partial charge in [-0.1, -0.05) is 12.5 Å². The summed E-state index contributed by atoms with van der Waals surface area (Å²) in [5.41, 5.74) is 0.890. The Balaban J connectivity index is 2.03. The van der Waals surface area contributed by atoms with Crippen molar-refractivity contribution in [2.24, 2.45) is 0 Å². The number of hydrogen-bond acceptors (Lipinski definition) is 5. The number of aryl methyl sites for hydroxylation is 1. The first-order valence-electron chi connectivity index (χ1n) is 7.58. The lowest BCUT2D eigenvalue weighted by Gasteiger charge is -2.06. The molecule has 0 radical (unpaired) electrons. The van der Waals surface area contributed by atoms with Gasteiger partial charge in [0.2, 0.25) is 0 Å². The molecule has 0 amide bonds. The fourth-order valence-corrected chi connectivity index (χ4v) is 3.15. The number of hydrogen-bond donors (Lipinski definition) is 0. The van der Waals surface area contributed by atoms with E-state index in [4.69, 9.17) is 0 Å². The number of halogens is 1. The maximum Gasteiger partial charge on any atom is 0.284 e. The molecule has 1 aliphatic rings. The molecule has 0 saturated heterocycles. The van der Waals surface area contributed by atoms with E-state index in [1.165, 1.54) is 6.07 Å². The molecule has 8 heteroatoms. The number of nitriles is 1. The summed E-state index contributed by atoms with van der Waals surface area (Å²) in [5, 5.41) is 28.9. The van der Waals surface area contributed by atoms with Crippen LogP contribution in [-0.4, -0.2) is 19.7 Å². The summed E-state index contributed by atoms with van der Waals surface area (Å²) < 4.78 is 2.38. The van der Waals surface area contributed by atoms with Crippen LogP contribution in [0.4, 0.5) is 5.69 Å². The molecule has 0 aliphatic carbocycles. The number of aromatic nitrogens is 3. The standard InChI is InChI=1S/C16H14BrN5O2/c17-13-6-5-11(9-14(13)22(23)24)8-12(10-18)16-20-19-15-4-2-1-3-7-21(15)16/h5-6,8-9H,1-4,7H2/b12-8+. The van der Waals surface area contributed by atoms with Crippen LogP contribution in [0.5, 0.6) is 0 Å². The van der Waals surface area contributed by atoms with Crippen LogP contribution in [0.3, 0.4) is 0 Å². The van der Waals surface area contributed by atoms with Gasteiger partial charge in [-0.05, 0) is 46.5 Å². The fourth-order valence-electron chi connectivity index (χ4n) is 2.76. The average molecular weight is 388 g/mol. The molecule has 0 fully saturated rings. The van der Waals surface area contributed by atoms with Gasteiger partial charge in [0.1, 0.15) is 11.9 Å². The molecular formula is C16H14BrN5O2. The largest absolute Gasteiger partial charge is 0.310 e. The normalized spacial score (nSPS) is 14.6. The van der Waals surface area contributed by atoms with Gasteiger partial charge in [0.15, 0.2) is 5.82 Å². The van der Waals surface area contributed by atoms with Gasteiger partial charge in [-0.25, -0.2) is 0 Å². The Morgan fingerprint density at radius 1 is 1.38 bits per heavy atom. The minimum Gasteiger partial charge on any atom is -0.310 e. The number of allylic oxidation sites excluding steroid dienone is 1. The van der Waals surface area contributed by atoms with Gasteiger partial charge in [0.05, 0.1) is 15.0 Å². The fraction of sp³-hybridized carbons (Fsp3) is 0.312. The third-order valence-electron chi connectivity index (χ3n) is 3.95. The van der Waals surface area contributed by atoms with Crippen molar-refractivity contribution < 1.29 is 4.92 Å². The number of nitro groups is 1. The van der Waals surface area contributed by atoms with Crippen LogP contribution >= 0.6 is 15.9 Å².